The van der Waals surface area contributed by atoms with Gasteiger partial charge in [-0.25, -0.2) is 14.0 Å². The van der Waals surface area contributed by atoms with E-state index in [1.807, 2.05) is 0 Å². The lowest BCUT2D eigenvalue weighted by Gasteiger charge is -2.45. The van der Waals surface area contributed by atoms with Crippen LogP contribution in [0.2, 0.25) is 5.02 Å². The number of fused-ring (bicyclic) bond motifs is 2. The van der Waals surface area contributed by atoms with Gasteiger partial charge < -0.3 is 20.1 Å². The molecule has 1 saturated heterocycles. The summed E-state index contributed by atoms with van der Waals surface area (Å²) in [5.41, 5.74) is -0.463. The molecule has 10 nitrogen and oxygen atoms in total. The van der Waals surface area contributed by atoms with E-state index in [-0.39, 0.29) is 40.2 Å². The average molecular weight is 531 g/mol. The Balaban J connectivity index is 1.36. The molecule has 0 radical (unpaired) electrons. The molecule has 4 amide bonds. The second-order valence-electron chi connectivity index (χ2n) is 9.45. The summed E-state index contributed by atoms with van der Waals surface area (Å²) in [6, 6.07) is 7.88. The third-order valence-corrected chi connectivity index (χ3v) is 7.18. The number of amides is 4. The van der Waals surface area contributed by atoms with Crippen molar-refractivity contribution in [2.45, 2.75) is 37.3 Å². The summed E-state index contributed by atoms with van der Waals surface area (Å²) in [6.07, 6.45) is 0.336. The van der Waals surface area contributed by atoms with Crippen molar-refractivity contribution < 1.29 is 33.4 Å². The number of nitrogens with zero attached hydrogens (tertiary/aromatic N) is 1. The van der Waals surface area contributed by atoms with Crippen molar-refractivity contribution in [3.63, 3.8) is 0 Å². The van der Waals surface area contributed by atoms with E-state index in [0.717, 1.165) is 12.8 Å². The first-order chi connectivity index (χ1) is 17.7. The van der Waals surface area contributed by atoms with Gasteiger partial charge in [0.1, 0.15) is 6.04 Å². The van der Waals surface area contributed by atoms with Gasteiger partial charge in [0, 0.05) is 17.8 Å². The van der Waals surface area contributed by atoms with Crippen LogP contribution in [-0.2, 0) is 15.1 Å². The molecule has 2 heterocycles. The van der Waals surface area contributed by atoms with E-state index in [0.29, 0.717) is 25.1 Å². The van der Waals surface area contributed by atoms with E-state index in [2.05, 4.69) is 16.0 Å². The van der Waals surface area contributed by atoms with Gasteiger partial charge in [0.25, 0.3) is 5.91 Å². The minimum Gasteiger partial charge on any atom is -0.465 e. The molecule has 0 unspecified atom stereocenters. The maximum atomic E-state index is 15.2. The molecular weight excluding hydrogens is 507 g/mol. The number of ether oxygens (including phenoxy) is 1. The number of carboxylic acid groups (broad SMARTS) is 1. The fourth-order valence-corrected chi connectivity index (χ4v) is 5.18. The first-order valence-electron chi connectivity index (χ1n) is 11.8. The third kappa shape index (κ3) is 4.91. The number of benzene rings is 2. The van der Waals surface area contributed by atoms with Crippen LogP contribution < -0.4 is 16.0 Å². The lowest BCUT2D eigenvalue weighted by molar-refractivity contribution is -0.141. The Kier molecular flexibility index (Phi) is 6.40. The Morgan fingerprint density at radius 3 is 2.59 bits per heavy atom. The van der Waals surface area contributed by atoms with Crippen LogP contribution in [-0.4, -0.2) is 53.1 Å². The zero-order valence-corrected chi connectivity index (χ0v) is 20.3. The summed E-state index contributed by atoms with van der Waals surface area (Å²) in [7, 11) is 0. The number of hydrogen-bond acceptors (Lipinski definition) is 5. The van der Waals surface area contributed by atoms with Crippen LogP contribution in [0.15, 0.2) is 36.4 Å². The van der Waals surface area contributed by atoms with Crippen molar-refractivity contribution >= 4 is 47.0 Å². The van der Waals surface area contributed by atoms with Crippen LogP contribution >= 0.6 is 11.6 Å². The number of carbonyl (C=O) groups excluding carboxylic acids is 3. The first-order valence-corrected chi connectivity index (χ1v) is 12.2. The van der Waals surface area contributed by atoms with Gasteiger partial charge in [-0.05, 0) is 68.0 Å². The molecule has 1 saturated carbocycles. The van der Waals surface area contributed by atoms with Gasteiger partial charge in [-0.1, -0.05) is 11.6 Å². The number of nitrogens with one attached hydrogen (secondary N) is 3. The number of carbonyl (C=O) groups is 4. The summed E-state index contributed by atoms with van der Waals surface area (Å²) < 4.78 is 20.8. The minimum atomic E-state index is -1.40. The second-order valence-corrected chi connectivity index (χ2v) is 9.86. The maximum Gasteiger partial charge on any atom is 0.412 e. The number of anilines is 2. The standard InChI is InChI=1S/C25H24ClFN4O6/c26-16-8-9-17-18(19(16)27)25(37-24(36)29-17)10-1-11-31(12-25)22(33)20(13-2-3-13)30-21(32)14-4-6-15(7-5-14)28-23(34)35/h4-9,13,20,28H,1-3,10-12H2,(H,29,36)(H,30,32)(H,34,35)/t20-,25-/m0/s1. The molecule has 2 atom stereocenters. The number of hydrogen-bond donors (Lipinski definition) is 4. The molecule has 3 aliphatic rings. The highest BCUT2D eigenvalue weighted by Gasteiger charge is 2.50. The Bertz CT molecular complexity index is 1280. The van der Waals surface area contributed by atoms with Crippen LogP contribution in [0.1, 0.15) is 41.6 Å². The van der Waals surface area contributed by atoms with Gasteiger partial charge in [0.2, 0.25) is 5.91 Å². The Morgan fingerprint density at radius 2 is 1.92 bits per heavy atom. The fourth-order valence-electron chi connectivity index (χ4n) is 5.02. The summed E-state index contributed by atoms with van der Waals surface area (Å²) in [6.45, 7) is 0.288. The number of likely N-dealkylation sites (tertiary alicyclic amines) is 1. The largest absolute Gasteiger partial charge is 0.465 e. The Labute approximate surface area is 216 Å². The number of rotatable bonds is 5. The van der Waals surface area contributed by atoms with Crippen LogP contribution in [0.25, 0.3) is 0 Å². The van der Waals surface area contributed by atoms with E-state index in [4.69, 9.17) is 21.4 Å². The van der Waals surface area contributed by atoms with Gasteiger partial charge in [0.05, 0.1) is 22.8 Å². The zero-order valence-electron chi connectivity index (χ0n) is 19.6. The van der Waals surface area contributed by atoms with Gasteiger partial charge in [0.15, 0.2) is 11.4 Å². The van der Waals surface area contributed by atoms with Gasteiger partial charge in [-0.15, -0.1) is 0 Å². The van der Waals surface area contributed by atoms with Gasteiger partial charge in [-0.2, -0.15) is 0 Å². The molecule has 4 N–H and O–H groups in total. The molecule has 0 aromatic heterocycles. The molecule has 1 aliphatic carbocycles. The molecule has 2 fully saturated rings. The van der Waals surface area contributed by atoms with Gasteiger partial charge >= 0.3 is 12.2 Å². The molecule has 1 spiro atoms. The molecule has 5 rings (SSSR count). The number of piperidine rings is 1. The predicted molar refractivity (Wildman–Crippen MR) is 131 cm³/mol. The van der Waals surface area contributed by atoms with Crippen molar-refractivity contribution in [1.82, 2.24) is 10.2 Å². The van der Waals surface area contributed by atoms with Crippen molar-refractivity contribution in [3.8, 4) is 0 Å². The summed E-state index contributed by atoms with van der Waals surface area (Å²) in [4.78, 5) is 51.2. The van der Waals surface area contributed by atoms with E-state index in [1.54, 1.807) is 0 Å². The van der Waals surface area contributed by atoms with Crippen molar-refractivity contribution in [2.75, 3.05) is 23.7 Å². The van der Waals surface area contributed by atoms with E-state index in [1.165, 1.54) is 41.3 Å². The molecule has 2 aliphatic heterocycles. The molecule has 194 valence electrons. The fraction of sp³-hybridized carbons (Fsp3) is 0.360. The highest BCUT2D eigenvalue weighted by molar-refractivity contribution is 6.31. The molecule has 0 bridgehead atoms. The zero-order chi connectivity index (χ0) is 26.3. The van der Waals surface area contributed by atoms with Gasteiger partial charge in [-0.3, -0.25) is 20.2 Å². The third-order valence-electron chi connectivity index (χ3n) is 6.89. The van der Waals surface area contributed by atoms with E-state index in [9.17, 15) is 19.2 Å². The van der Waals surface area contributed by atoms with Crippen molar-refractivity contribution in [3.05, 3.63) is 58.4 Å². The Hall–Kier alpha value is -3.86. The summed E-state index contributed by atoms with van der Waals surface area (Å²) in [5, 5.41) is 16.2. The SMILES string of the molecule is O=C(O)Nc1ccc(C(=O)N[C@H](C(=O)N2CCC[C@@]3(C2)OC(=O)Nc2ccc(Cl)c(F)c23)C2CC2)cc1. The quantitative estimate of drug-likeness (QED) is 0.458. The highest BCUT2D eigenvalue weighted by atomic mass is 35.5. The highest BCUT2D eigenvalue weighted by Crippen LogP contribution is 2.45. The smallest absolute Gasteiger partial charge is 0.412 e. The van der Waals surface area contributed by atoms with Crippen LogP contribution in [0.4, 0.5) is 25.4 Å². The second kappa shape index (κ2) is 9.55. The summed E-state index contributed by atoms with van der Waals surface area (Å²) >= 11 is 6.03. The maximum absolute atomic E-state index is 15.2. The topological polar surface area (TPSA) is 137 Å². The lowest BCUT2D eigenvalue weighted by Crippen LogP contribution is -2.58. The predicted octanol–water partition coefficient (Wildman–Crippen LogP) is 4.16. The number of halogens is 2. The molecule has 2 aromatic rings. The molecule has 12 heteroatoms. The molecule has 37 heavy (non-hydrogen) atoms. The van der Waals surface area contributed by atoms with Crippen LogP contribution in [0.5, 0.6) is 0 Å². The lowest BCUT2D eigenvalue weighted by atomic mass is 9.82. The van der Waals surface area contributed by atoms with Crippen LogP contribution in [0, 0.1) is 11.7 Å². The van der Waals surface area contributed by atoms with Crippen molar-refractivity contribution in [1.29, 1.82) is 0 Å². The summed E-state index contributed by atoms with van der Waals surface area (Å²) in [5.74, 6) is -1.56. The normalized spacial score (nSPS) is 21.4. The van der Waals surface area contributed by atoms with Crippen molar-refractivity contribution in [2.24, 2.45) is 5.92 Å². The first kappa shape index (κ1) is 24.8. The monoisotopic (exact) mass is 530 g/mol. The molecular formula is C25H24ClFN4O6. The Morgan fingerprint density at radius 1 is 1.19 bits per heavy atom. The average Bonchev–Trinajstić information content (AvgIpc) is 3.69. The molecule has 2 aromatic carbocycles. The van der Waals surface area contributed by atoms with E-state index < -0.39 is 35.6 Å². The minimum absolute atomic E-state index is 0.0451. The van der Waals surface area contributed by atoms with E-state index >= 15 is 4.39 Å². The van der Waals surface area contributed by atoms with Crippen LogP contribution in [0.3, 0.4) is 0 Å².